The first-order valence-corrected chi connectivity index (χ1v) is 26.2. The van der Waals surface area contributed by atoms with Crippen LogP contribution in [0.3, 0.4) is 0 Å². The van der Waals surface area contributed by atoms with Crippen LogP contribution in [0.15, 0.2) is 314 Å². The summed E-state index contributed by atoms with van der Waals surface area (Å²) < 4.78 is 24.7. The van der Waals surface area contributed by atoms with Crippen LogP contribution in [0.5, 0.6) is 0 Å². The van der Waals surface area contributed by atoms with Crippen LogP contribution in [-0.4, -0.2) is 0 Å². The van der Waals surface area contributed by atoms with Crippen LogP contribution in [0.2, 0.25) is 0 Å². The average molecular weight is 1070 g/mol. The van der Waals surface area contributed by atoms with Crippen molar-refractivity contribution >= 4 is 111 Å². The summed E-state index contributed by atoms with van der Waals surface area (Å²) in [5, 5.41) is 4.35. The Balaban J connectivity index is 0.000000134. The first-order valence-electron chi connectivity index (χ1n) is 25.4. The zero-order valence-corrected chi connectivity index (χ0v) is 43.4. The Morgan fingerprint density at radius 1 is 0.299 bits per heavy atom. The quantitative estimate of drug-likeness (QED) is 0.128. The molecule has 4 aromatic heterocycles. The monoisotopic (exact) mass is 1060 g/mol. The summed E-state index contributed by atoms with van der Waals surface area (Å²) in [5.74, 6) is 1.57. The molecule has 0 radical (unpaired) electrons. The van der Waals surface area contributed by atoms with Gasteiger partial charge in [0.1, 0.15) is 34.9 Å². The van der Waals surface area contributed by atoms with Gasteiger partial charge in [0.2, 0.25) is 11.8 Å². The predicted molar refractivity (Wildman–Crippen MR) is 319 cm³/mol. The Morgan fingerprint density at radius 2 is 0.688 bits per heavy atom. The first-order chi connectivity index (χ1) is 38.1. The third kappa shape index (κ3) is 10.6. The van der Waals surface area contributed by atoms with Gasteiger partial charge in [-0.2, -0.15) is 0 Å². The smallest absolute Gasteiger partial charge is 0.205 e. The molecule has 0 aliphatic carbocycles. The molecular formula is C69H50BrN3O4. The van der Waals surface area contributed by atoms with Gasteiger partial charge in [0, 0.05) is 62.1 Å². The normalized spacial score (nSPS) is 11.0. The van der Waals surface area contributed by atoms with Crippen molar-refractivity contribution in [1.82, 2.24) is 0 Å². The lowest BCUT2D eigenvalue weighted by molar-refractivity contribution is 0.614. The van der Waals surface area contributed by atoms with E-state index in [0.29, 0.717) is 0 Å². The number of rotatable bonds is 11. The fourth-order valence-corrected chi connectivity index (χ4v) is 10.0. The van der Waals surface area contributed by atoms with Crippen molar-refractivity contribution in [2.24, 2.45) is 0 Å². The molecule has 0 spiro atoms. The summed E-state index contributed by atoms with van der Waals surface area (Å²) in [7, 11) is 0. The van der Waals surface area contributed by atoms with Gasteiger partial charge in [0.25, 0.3) is 0 Å². The maximum absolute atomic E-state index is 6.35. The van der Waals surface area contributed by atoms with Gasteiger partial charge in [-0.25, -0.2) is 0 Å². The molecule has 7 nitrogen and oxygen atoms in total. The van der Waals surface area contributed by atoms with E-state index in [1.54, 1.807) is 6.26 Å². The molecule has 372 valence electrons. The van der Waals surface area contributed by atoms with E-state index in [-0.39, 0.29) is 0 Å². The highest BCUT2D eigenvalue weighted by atomic mass is 79.9. The van der Waals surface area contributed by atoms with Gasteiger partial charge in [-0.1, -0.05) is 164 Å². The molecule has 8 heteroatoms. The Morgan fingerprint density at radius 3 is 1.23 bits per heavy atom. The van der Waals surface area contributed by atoms with E-state index in [1.807, 2.05) is 115 Å². The van der Waals surface area contributed by atoms with Crippen molar-refractivity contribution in [1.29, 1.82) is 0 Å². The molecular weight excluding hydrogens is 1010 g/mol. The molecule has 0 amide bonds. The molecule has 0 N–H and O–H groups in total. The molecule has 14 aromatic rings. The molecule has 0 atom stereocenters. The first kappa shape index (κ1) is 48.2. The van der Waals surface area contributed by atoms with Crippen LogP contribution < -0.4 is 14.7 Å². The SMILES string of the molecule is Brc1coc2ccccc12.c1ccc(Cc2cccc(N(c3ccccc3)c3cc4ccccc4o3)c2)cc1.c1ccc(N(c2cccc(N(c3ccccc3)c3coc4ccccc34)c2)c2cc3ccccc3o2)cc1. The zero-order chi connectivity index (χ0) is 51.8. The number of furan rings is 4. The minimum absolute atomic E-state index is 0.759. The number of halogens is 1. The minimum atomic E-state index is 0.759. The highest BCUT2D eigenvalue weighted by Gasteiger charge is 2.22. The van der Waals surface area contributed by atoms with Crippen LogP contribution in [-0.2, 0) is 6.42 Å². The van der Waals surface area contributed by atoms with E-state index in [2.05, 4.69) is 200 Å². The molecule has 0 aliphatic heterocycles. The van der Waals surface area contributed by atoms with E-state index in [1.165, 1.54) is 11.1 Å². The minimum Gasteiger partial charge on any atom is -0.463 e. The Bertz CT molecular complexity index is 4120. The number of para-hydroxylation sites is 7. The Kier molecular flexibility index (Phi) is 14.0. The summed E-state index contributed by atoms with van der Waals surface area (Å²) in [6, 6.07) is 95.2. The molecule has 4 heterocycles. The predicted octanol–water partition coefficient (Wildman–Crippen LogP) is 20.8. The molecule has 77 heavy (non-hydrogen) atoms. The van der Waals surface area contributed by atoms with Gasteiger partial charge in [0.15, 0.2) is 0 Å². The van der Waals surface area contributed by atoms with E-state index in [4.69, 9.17) is 17.7 Å². The molecule has 0 bridgehead atoms. The maximum Gasteiger partial charge on any atom is 0.205 e. The van der Waals surface area contributed by atoms with Gasteiger partial charge in [-0.05, 0) is 137 Å². The maximum atomic E-state index is 6.35. The van der Waals surface area contributed by atoms with Crippen LogP contribution in [0.25, 0.3) is 43.9 Å². The molecule has 0 fully saturated rings. The molecule has 0 saturated heterocycles. The summed E-state index contributed by atoms with van der Waals surface area (Å²) in [6.45, 7) is 0. The standard InChI is InChI=1S/C34H24N2O2.C27H21NO.C8H5BrO/c1-3-13-26(14-4-1)35(31-24-37-33-21-10-8-19-30(31)33)28-17-11-18-29(23-28)36(27-15-5-2-6-16-27)34-22-25-12-7-9-20-32(25)38-34;1-3-10-21(11-4-1)18-22-12-9-16-25(19-22)28(24-14-5-2-6-15-24)27-20-23-13-7-8-17-26(23)29-27;9-7-5-10-8-4-2-1-3-6(7)8/h1-24H;1-17,19-20H,18H2;1-5H. The van der Waals surface area contributed by atoms with Crippen LogP contribution in [0.4, 0.5) is 51.6 Å². The van der Waals surface area contributed by atoms with E-state index in [0.717, 1.165) is 106 Å². The van der Waals surface area contributed by atoms with Gasteiger partial charge >= 0.3 is 0 Å². The van der Waals surface area contributed by atoms with E-state index >= 15 is 0 Å². The summed E-state index contributed by atoms with van der Waals surface area (Å²) in [5.41, 5.74) is 13.3. The Labute approximate surface area is 454 Å². The van der Waals surface area contributed by atoms with Crippen molar-refractivity contribution in [3.8, 4) is 0 Å². The van der Waals surface area contributed by atoms with Crippen molar-refractivity contribution in [2.45, 2.75) is 6.42 Å². The highest BCUT2D eigenvalue weighted by Crippen LogP contribution is 2.44. The zero-order valence-electron chi connectivity index (χ0n) is 41.8. The number of anilines is 9. The van der Waals surface area contributed by atoms with Gasteiger partial charge < -0.3 is 22.6 Å². The fourth-order valence-electron chi connectivity index (χ4n) is 9.61. The molecule has 0 saturated carbocycles. The Hall–Kier alpha value is -9.76. The number of hydrogen-bond acceptors (Lipinski definition) is 7. The number of nitrogens with zero attached hydrogens (tertiary/aromatic N) is 3. The van der Waals surface area contributed by atoms with Crippen LogP contribution in [0.1, 0.15) is 11.1 Å². The van der Waals surface area contributed by atoms with Gasteiger partial charge in [-0.15, -0.1) is 0 Å². The number of benzene rings is 10. The second-order valence-electron chi connectivity index (χ2n) is 18.3. The molecule has 10 aromatic carbocycles. The third-order valence-corrected chi connectivity index (χ3v) is 13.8. The summed E-state index contributed by atoms with van der Waals surface area (Å²) >= 11 is 3.37. The van der Waals surface area contributed by atoms with Crippen LogP contribution >= 0.6 is 15.9 Å². The summed E-state index contributed by atoms with van der Waals surface area (Å²) in [6.07, 6.45) is 4.43. The topological polar surface area (TPSA) is 62.3 Å². The van der Waals surface area contributed by atoms with Crippen molar-refractivity contribution in [3.05, 3.63) is 307 Å². The average Bonchev–Trinajstić information content (AvgIpc) is 4.35. The summed E-state index contributed by atoms with van der Waals surface area (Å²) in [4.78, 5) is 6.56. The third-order valence-electron chi connectivity index (χ3n) is 13.2. The second kappa shape index (κ2) is 22.4. The lowest BCUT2D eigenvalue weighted by Crippen LogP contribution is -2.12. The van der Waals surface area contributed by atoms with Crippen molar-refractivity contribution in [2.75, 3.05) is 14.7 Å². The fraction of sp³-hybridized carbons (Fsp3) is 0.0145. The van der Waals surface area contributed by atoms with Gasteiger partial charge in [0.05, 0.1) is 15.8 Å². The van der Waals surface area contributed by atoms with Gasteiger partial charge in [-0.3, -0.25) is 9.80 Å². The van der Waals surface area contributed by atoms with Crippen molar-refractivity contribution in [3.63, 3.8) is 0 Å². The highest BCUT2D eigenvalue weighted by molar-refractivity contribution is 9.10. The van der Waals surface area contributed by atoms with E-state index in [9.17, 15) is 0 Å². The lowest BCUT2D eigenvalue weighted by Gasteiger charge is -2.27. The second-order valence-corrected chi connectivity index (χ2v) is 19.2. The number of hydrogen-bond donors (Lipinski definition) is 0. The van der Waals surface area contributed by atoms with Crippen LogP contribution in [0, 0.1) is 0 Å². The molecule has 0 unspecified atom stereocenters. The largest absolute Gasteiger partial charge is 0.463 e. The number of fused-ring (bicyclic) bond motifs is 4. The van der Waals surface area contributed by atoms with E-state index < -0.39 is 0 Å². The molecule has 0 aliphatic rings. The molecule has 14 rings (SSSR count). The van der Waals surface area contributed by atoms with Crippen molar-refractivity contribution < 1.29 is 17.7 Å². The lowest BCUT2D eigenvalue weighted by atomic mass is 10.0.